The van der Waals surface area contributed by atoms with E-state index in [1.54, 1.807) is 48.5 Å². The van der Waals surface area contributed by atoms with Gasteiger partial charge in [-0.25, -0.2) is 0 Å². The van der Waals surface area contributed by atoms with E-state index in [-0.39, 0.29) is 11.8 Å². The van der Waals surface area contributed by atoms with Crippen LogP contribution in [-0.4, -0.2) is 24.9 Å². The molecule has 0 aliphatic carbocycles. The number of carbonyl (C=O) groups is 2. The Morgan fingerprint density at radius 1 is 0.783 bits per heavy atom. The van der Waals surface area contributed by atoms with Gasteiger partial charge in [-0.2, -0.15) is 0 Å². The van der Waals surface area contributed by atoms with Gasteiger partial charge in [-0.05, 0) is 42.8 Å². The zero-order valence-electron chi connectivity index (χ0n) is 12.3. The van der Waals surface area contributed by atoms with Crippen LogP contribution in [0.4, 0.5) is 0 Å². The molecule has 2 rings (SSSR count). The average molecular weight is 351 g/mol. The Bertz CT molecular complexity index is 645. The molecule has 0 saturated heterocycles. The number of hydrogen-bond donors (Lipinski definition) is 2. The van der Waals surface area contributed by atoms with Gasteiger partial charge in [0, 0.05) is 34.3 Å². The largest absolute Gasteiger partial charge is 0.352 e. The van der Waals surface area contributed by atoms with E-state index in [4.69, 9.17) is 23.2 Å². The minimum Gasteiger partial charge on any atom is -0.352 e. The maximum absolute atomic E-state index is 11.9. The van der Waals surface area contributed by atoms with Crippen molar-refractivity contribution in [2.24, 2.45) is 0 Å². The Kier molecular flexibility index (Phi) is 6.44. The van der Waals surface area contributed by atoms with Crippen LogP contribution in [0.1, 0.15) is 27.1 Å². The summed E-state index contributed by atoms with van der Waals surface area (Å²) >= 11 is 11.7. The second kappa shape index (κ2) is 8.56. The van der Waals surface area contributed by atoms with Gasteiger partial charge in [-0.1, -0.05) is 35.3 Å². The maximum Gasteiger partial charge on any atom is 0.251 e. The molecule has 0 unspecified atom stereocenters. The van der Waals surface area contributed by atoms with E-state index in [0.717, 1.165) is 0 Å². The lowest BCUT2D eigenvalue weighted by Gasteiger charge is -2.07. The van der Waals surface area contributed by atoms with Crippen molar-refractivity contribution in [1.82, 2.24) is 10.6 Å². The van der Waals surface area contributed by atoms with Crippen LogP contribution >= 0.6 is 23.2 Å². The summed E-state index contributed by atoms with van der Waals surface area (Å²) < 4.78 is 0. The Balaban J connectivity index is 1.69. The molecule has 0 heterocycles. The summed E-state index contributed by atoms with van der Waals surface area (Å²) in [6, 6.07) is 13.5. The van der Waals surface area contributed by atoms with Crippen molar-refractivity contribution < 1.29 is 9.59 Å². The van der Waals surface area contributed by atoms with Gasteiger partial charge in [-0.15, -0.1) is 0 Å². The van der Waals surface area contributed by atoms with Crippen molar-refractivity contribution in [3.05, 3.63) is 69.7 Å². The molecular weight excluding hydrogens is 335 g/mol. The average Bonchev–Trinajstić information content (AvgIpc) is 2.54. The zero-order chi connectivity index (χ0) is 16.7. The summed E-state index contributed by atoms with van der Waals surface area (Å²) in [4.78, 5) is 23.8. The molecule has 4 nitrogen and oxygen atoms in total. The van der Waals surface area contributed by atoms with Gasteiger partial charge in [0.2, 0.25) is 0 Å². The number of hydrogen-bond acceptors (Lipinski definition) is 2. The Morgan fingerprint density at radius 3 is 1.61 bits per heavy atom. The topological polar surface area (TPSA) is 58.2 Å². The van der Waals surface area contributed by atoms with Crippen molar-refractivity contribution in [3.63, 3.8) is 0 Å². The van der Waals surface area contributed by atoms with E-state index in [0.29, 0.717) is 40.7 Å². The summed E-state index contributed by atoms with van der Waals surface area (Å²) in [5.74, 6) is -0.373. The lowest BCUT2D eigenvalue weighted by atomic mass is 10.2. The first-order valence-corrected chi connectivity index (χ1v) is 7.89. The summed E-state index contributed by atoms with van der Waals surface area (Å²) in [7, 11) is 0. The Hall–Kier alpha value is -2.04. The van der Waals surface area contributed by atoms with Gasteiger partial charge in [0.15, 0.2) is 0 Å². The van der Waals surface area contributed by atoms with E-state index in [1.807, 2.05) is 0 Å². The highest BCUT2D eigenvalue weighted by molar-refractivity contribution is 6.31. The molecule has 2 N–H and O–H groups in total. The number of benzene rings is 2. The van der Waals surface area contributed by atoms with Gasteiger partial charge in [0.05, 0.1) is 0 Å². The number of amides is 2. The summed E-state index contributed by atoms with van der Waals surface area (Å²) in [6.45, 7) is 0.919. The number of halogens is 2. The first-order valence-electron chi connectivity index (χ1n) is 7.14. The molecule has 2 amide bonds. The maximum atomic E-state index is 11.9. The molecule has 0 aliphatic heterocycles. The van der Waals surface area contributed by atoms with Crippen LogP contribution in [0.2, 0.25) is 10.0 Å². The summed E-state index contributed by atoms with van der Waals surface area (Å²) in [5.41, 5.74) is 1.03. The van der Waals surface area contributed by atoms with Gasteiger partial charge in [0.1, 0.15) is 0 Å². The summed E-state index contributed by atoms with van der Waals surface area (Å²) in [6.07, 6.45) is 0.624. The Morgan fingerprint density at radius 2 is 1.22 bits per heavy atom. The first kappa shape index (κ1) is 17.3. The van der Waals surface area contributed by atoms with Crippen molar-refractivity contribution in [1.29, 1.82) is 0 Å². The minimum atomic E-state index is -0.186. The molecule has 2 aromatic carbocycles. The van der Waals surface area contributed by atoms with Gasteiger partial charge >= 0.3 is 0 Å². The molecule has 0 aromatic heterocycles. The number of rotatable bonds is 6. The fraction of sp³-hybridized carbons (Fsp3) is 0.176. The van der Waals surface area contributed by atoms with Gasteiger partial charge in [-0.3, -0.25) is 9.59 Å². The monoisotopic (exact) mass is 350 g/mol. The molecule has 6 heteroatoms. The van der Waals surface area contributed by atoms with Crippen molar-refractivity contribution in [2.45, 2.75) is 6.42 Å². The molecule has 0 bridgehead atoms. The van der Waals surface area contributed by atoms with Crippen LogP contribution in [-0.2, 0) is 0 Å². The van der Waals surface area contributed by atoms with Crippen LogP contribution in [0.3, 0.4) is 0 Å². The molecule has 0 spiro atoms. The molecule has 0 fully saturated rings. The SMILES string of the molecule is O=C(NCCCNC(=O)c1cccc(Cl)c1)c1cccc(Cl)c1. The van der Waals surface area contributed by atoms with Crippen LogP contribution in [0.5, 0.6) is 0 Å². The minimum absolute atomic E-state index is 0.186. The predicted octanol–water partition coefficient (Wildman–Crippen LogP) is 3.54. The molecule has 0 radical (unpaired) electrons. The highest BCUT2D eigenvalue weighted by atomic mass is 35.5. The predicted molar refractivity (Wildman–Crippen MR) is 92.2 cm³/mol. The fourth-order valence-electron chi connectivity index (χ4n) is 1.96. The summed E-state index contributed by atoms with van der Waals surface area (Å²) in [5, 5.41) is 6.60. The quantitative estimate of drug-likeness (QED) is 0.782. The molecule has 0 aliphatic rings. The van der Waals surface area contributed by atoms with Crippen molar-refractivity contribution in [3.8, 4) is 0 Å². The van der Waals surface area contributed by atoms with Crippen LogP contribution in [0.25, 0.3) is 0 Å². The lowest BCUT2D eigenvalue weighted by molar-refractivity contribution is 0.0951. The normalized spacial score (nSPS) is 10.2. The zero-order valence-corrected chi connectivity index (χ0v) is 13.8. The third-order valence-corrected chi connectivity index (χ3v) is 3.57. The second-order valence-electron chi connectivity index (χ2n) is 4.89. The van der Waals surface area contributed by atoms with E-state index >= 15 is 0 Å². The van der Waals surface area contributed by atoms with Gasteiger partial charge in [0.25, 0.3) is 11.8 Å². The van der Waals surface area contributed by atoms with Crippen molar-refractivity contribution >= 4 is 35.0 Å². The third-order valence-electron chi connectivity index (χ3n) is 3.10. The number of carbonyl (C=O) groups excluding carboxylic acids is 2. The first-order chi connectivity index (χ1) is 11.1. The Labute approximate surface area is 144 Å². The molecule has 2 aromatic rings. The molecular formula is C17H16Cl2N2O2. The molecule has 0 saturated carbocycles. The molecule has 120 valence electrons. The second-order valence-corrected chi connectivity index (χ2v) is 5.76. The smallest absolute Gasteiger partial charge is 0.251 e. The highest BCUT2D eigenvalue weighted by Crippen LogP contribution is 2.11. The molecule has 0 atom stereocenters. The van der Waals surface area contributed by atoms with Crippen LogP contribution in [0.15, 0.2) is 48.5 Å². The third kappa shape index (κ3) is 5.58. The standard InChI is InChI=1S/C17H16Cl2N2O2/c18-14-6-1-4-12(10-14)16(22)20-8-3-9-21-17(23)13-5-2-7-15(19)11-13/h1-2,4-7,10-11H,3,8-9H2,(H,20,22)(H,21,23). The van der Waals surface area contributed by atoms with Crippen LogP contribution < -0.4 is 10.6 Å². The lowest BCUT2D eigenvalue weighted by Crippen LogP contribution is -2.29. The van der Waals surface area contributed by atoms with E-state index < -0.39 is 0 Å². The fourth-order valence-corrected chi connectivity index (χ4v) is 2.34. The van der Waals surface area contributed by atoms with Crippen molar-refractivity contribution in [2.75, 3.05) is 13.1 Å². The number of nitrogens with one attached hydrogen (secondary N) is 2. The van der Waals surface area contributed by atoms with Crippen LogP contribution in [0, 0.1) is 0 Å². The van der Waals surface area contributed by atoms with E-state index in [9.17, 15) is 9.59 Å². The van der Waals surface area contributed by atoms with Gasteiger partial charge < -0.3 is 10.6 Å². The molecule has 23 heavy (non-hydrogen) atoms. The van der Waals surface area contributed by atoms with E-state index in [1.165, 1.54) is 0 Å². The van der Waals surface area contributed by atoms with E-state index in [2.05, 4.69) is 10.6 Å². The highest BCUT2D eigenvalue weighted by Gasteiger charge is 2.06.